The van der Waals surface area contributed by atoms with Crippen molar-refractivity contribution in [1.82, 2.24) is 5.32 Å². The van der Waals surface area contributed by atoms with Crippen LogP contribution in [0.25, 0.3) is 0 Å². The minimum absolute atomic E-state index is 0.00424. The fourth-order valence-corrected chi connectivity index (χ4v) is 9.64. The molecule has 0 aromatic heterocycles. The predicted molar refractivity (Wildman–Crippen MR) is 292 cm³/mol. The maximum Gasteiger partial charge on any atom is 0.305 e. The largest absolute Gasteiger partial charge is 0.466 e. The van der Waals surface area contributed by atoms with E-state index in [1.54, 1.807) is 6.08 Å². The van der Waals surface area contributed by atoms with Crippen molar-refractivity contribution in [3.05, 3.63) is 12.2 Å². The van der Waals surface area contributed by atoms with Crippen molar-refractivity contribution in [2.45, 2.75) is 353 Å². The molecule has 0 heterocycles. The SMILES string of the molecule is CCCCCCCCCCCCCCCCCCCCCCCC/C=C/C(O)C(CO)NC(=O)CCCCCCCCCCCCCCCOC(=O)CCCCCCCCCCCCCCC. The molecule has 0 saturated carbocycles. The smallest absolute Gasteiger partial charge is 0.305 e. The summed E-state index contributed by atoms with van der Waals surface area (Å²) < 4.78 is 5.47. The fourth-order valence-electron chi connectivity index (χ4n) is 9.64. The van der Waals surface area contributed by atoms with Crippen LogP contribution in [0.15, 0.2) is 12.2 Å². The molecule has 6 heteroatoms. The van der Waals surface area contributed by atoms with Gasteiger partial charge in [-0.05, 0) is 32.1 Å². The van der Waals surface area contributed by atoms with Gasteiger partial charge in [0.2, 0.25) is 5.91 Å². The Morgan fingerprint density at radius 3 is 1.01 bits per heavy atom. The number of amides is 1. The van der Waals surface area contributed by atoms with E-state index in [9.17, 15) is 19.8 Å². The average Bonchev–Trinajstić information content (AvgIpc) is 3.33. The number of aliphatic hydroxyl groups excluding tert-OH is 2. The molecule has 3 N–H and O–H groups in total. The highest BCUT2D eigenvalue weighted by atomic mass is 16.5. The number of aliphatic hydroxyl groups is 2. The molecule has 0 aliphatic rings. The Kier molecular flexibility index (Phi) is 56.0. The average molecular weight is 947 g/mol. The van der Waals surface area contributed by atoms with E-state index in [0.717, 1.165) is 57.8 Å². The number of carbonyl (C=O) groups excluding carboxylic acids is 2. The number of hydrogen-bond acceptors (Lipinski definition) is 5. The van der Waals surface area contributed by atoms with Crippen LogP contribution in [0.3, 0.4) is 0 Å². The molecule has 0 radical (unpaired) electrons. The minimum Gasteiger partial charge on any atom is -0.466 e. The molecule has 0 aromatic rings. The Hall–Kier alpha value is -1.40. The molecule has 0 rings (SSSR count). The Balaban J connectivity index is 3.47. The molecule has 0 aliphatic carbocycles. The molecular weight excluding hydrogens is 827 g/mol. The monoisotopic (exact) mass is 946 g/mol. The molecule has 0 bridgehead atoms. The van der Waals surface area contributed by atoms with Crippen LogP contribution in [0.1, 0.15) is 341 Å². The van der Waals surface area contributed by atoms with Gasteiger partial charge in [-0.25, -0.2) is 0 Å². The molecular formula is C61H119NO5. The first-order chi connectivity index (χ1) is 33.0. The number of hydrogen-bond donors (Lipinski definition) is 3. The van der Waals surface area contributed by atoms with E-state index < -0.39 is 12.1 Å². The van der Waals surface area contributed by atoms with Gasteiger partial charge in [0.1, 0.15) is 0 Å². The van der Waals surface area contributed by atoms with Gasteiger partial charge in [0.15, 0.2) is 0 Å². The lowest BCUT2D eigenvalue weighted by atomic mass is 10.0. The van der Waals surface area contributed by atoms with Crippen LogP contribution in [-0.2, 0) is 14.3 Å². The molecule has 6 nitrogen and oxygen atoms in total. The molecule has 0 saturated heterocycles. The van der Waals surface area contributed by atoms with Gasteiger partial charge in [-0.15, -0.1) is 0 Å². The molecule has 0 fully saturated rings. The van der Waals surface area contributed by atoms with E-state index in [0.29, 0.717) is 19.4 Å². The lowest BCUT2D eigenvalue weighted by molar-refractivity contribution is -0.143. The first kappa shape index (κ1) is 65.6. The molecule has 398 valence electrons. The second kappa shape index (κ2) is 57.2. The Morgan fingerprint density at radius 1 is 0.403 bits per heavy atom. The molecule has 0 spiro atoms. The third-order valence-corrected chi connectivity index (χ3v) is 14.3. The van der Waals surface area contributed by atoms with E-state index >= 15 is 0 Å². The van der Waals surface area contributed by atoms with E-state index in [2.05, 4.69) is 19.2 Å². The van der Waals surface area contributed by atoms with Gasteiger partial charge in [-0.3, -0.25) is 9.59 Å². The number of carbonyl (C=O) groups is 2. The molecule has 67 heavy (non-hydrogen) atoms. The number of nitrogens with one attached hydrogen (secondary N) is 1. The van der Waals surface area contributed by atoms with Crippen LogP contribution >= 0.6 is 0 Å². The van der Waals surface area contributed by atoms with Gasteiger partial charge in [-0.1, -0.05) is 309 Å². The summed E-state index contributed by atoms with van der Waals surface area (Å²) in [5.41, 5.74) is 0. The molecule has 0 aromatic carbocycles. The maximum absolute atomic E-state index is 12.5. The lowest BCUT2D eigenvalue weighted by Crippen LogP contribution is -2.45. The summed E-state index contributed by atoms with van der Waals surface area (Å²) in [6.45, 7) is 4.91. The highest BCUT2D eigenvalue weighted by molar-refractivity contribution is 5.76. The van der Waals surface area contributed by atoms with Crippen LogP contribution in [0.2, 0.25) is 0 Å². The van der Waals surface area contributed by atoms with Crippen molar-refractivity contribution < 1.29 is 24.5 Å². The van der Waals surface area contributed by atoms with Crippen molar-refractivity contribution >= 4 is 11.9 Å². The number of ether oxygens (including phenoxy) is 1. The summed E-state index contributed by atoms with van der Waals surface area (Å²) in [6, 6.07) is -0.637. The van der Waals surface area contributed by atoms with Gasteiger partial charge in [0, 0.05) is 12.8 Å². The third-order valence-electron chi connectivity index (χ3n) is 14.3. The number of unbranched alkanes of at least 4 members (excludes halogenated alkanes) is 46. The Labute approximate surface area is 419 Å². The predicted octanol–water partition coefficient (Wildman–Crippen LogP) is 18.9. The van der Waals surface area contributed by atoms with Crippen molar-refractivity contribution in [2.75, 3.05) is 13.2 Å². The Bertz CT molecular complexity index is 1000. The summed E-state index contributed by atoms with van der Waals surface area (Å²) in [7, 11) is 0. The topological polar surface area (TPSA) is 95.9 Å². The van der Waals surface area contributed by atoms with Crippen LogP contribution in [0.4, 0.5) is 0 Å². The van der Waals surface area contributed by atoms with Crippen molar-refractivity contribution in [3.8, 4) is 0 Å². The summed E-state index contributed by atoms with van der Waals surface area (Å²) in [4.78, 5) is 24.5. The number of esters is 1. The zero-order valence-corrected chi connectivity index (χ0v) is 45.4. The van der Waals surface area contributed by atoms with Gasteiger partial charge in [-0.2, -0.15) is 0 Å². The summed E-state index contributed by atoms with van der Waals surface area (Å²) in [5.74, 6) is -0.0808. The van der Waals surface area contributed by atoms with Gasteiger partial charge in [0.05, 0.1) is 25.4 Å². The number of allylic oxidation sites excluding steroid dienone is 1. The fraction of sp³-hybridized carbons (Fsp3) is 0.934. The van der Waals surface area contributed by atoms with Crippen LogP contribution < -0.4 is 5.32 Å². The normalized spacial score (nSPS) is 12.6. The van der Waals surface area contributed by atoms with Crippen LogP contribution in [0, 0.1) is 0 Å². The summed E-state index contributed by atoms with van der Waals surface area (Å²) in [6.07, 6.45) is 68.1. The lowest BCUT2D eigenvalue weighted by Gasteiger charge is -2.20. The van der Waals surface area contributed by atoms with Gasteiger partial charge >= 0.3 is 5.97 Å². The Morgan fingerprint density at radius 2 is 0.687 bits per heavy atom. The minimum atomic E-state index is -0.853. The zero-order chi connectivity index (χ0) is 48.6. The zero-order valence-electron chi connectivity index (χ0n) is 45.4. The van der Waals surface area contributed by atoms with E-state index in [-0.39, 0.29) is 18.5 Å². The molecule has 2 atom stereocenters. The van der Waals surface area contributed by atoms with Crippen LogP contribution in [-0.4, -0.2) is 47.4 Å². The first-order valence-electron chi connectivity index (χ1n) is 30.5. The van der Waals surface area contributed by atoms with Crippen LogP contribution in [0.5, 0.6) is 0 Å². The molecule has 2 unspecified atom stereocenters. The highest BCUT2D eigenvalue weighted by Crippen LogP contribution is 2.18. The van der Waals surface area contributed by atoms with Crippen molar-refractivity contribution in [1.29, 1.82) is 0 Å². The van der Waals surface area contributed by atoms with E-state index in [1.165, 1.54) is 257 Å². The van der Waals surface area contributed by atoms with Gasteiger partial charge in [0.25, 0.3) is 0 Å². The standard InChI is InChI=1S/C61H119NO5/c1-3-5-7-9-11-13-15-17-18-19-20-21-22-23-24-25-26-27-30-33-37-41-45-49-53-59(64)58(57-63)62-60(65)54-50-46-42-38-34-31-28-32-36-40-44-48-52-56-67-61(66)55-51-47-43-39-35-29-16-14-12-10-8-6-4-2/h49,53,58-59,63-64H,3-48,50-52,54-57H2,1-2H3,(H,62,65)/b53-49+. The van der Waals surface area contributed by atoms with Crippen molar-refractivity contribution in [2.24, 2.45) is 0 Å². The third kappa shape index (κ3) is 53.8. The highest BCUT2D eigenvalue weighted by Gasteiger charge is 2.18. The second-order valence-corrected chi connectivity index (χ2v) is 21.0. The van der Waals surface area contributed by atoms with E-state index in [4.69, 9.17) is 4.74 Å². The van der Waals surface area contributed by atoms with Crippen molar-refractivity contribution in [3.63, 3.8) is 0 Å². The second-order valence-electron chi connectivity index (χ2n) is 21.0. The van der Waals surface area contributed by atoms with E-state index in [1.807, 2.05) is 6.08 Å². The quantitative estimate of drug-likeness (QED) is 0.0321. The summed E-state index contributed by atoms with van der Waals surface area (Å²) in [5, 5.41) is 23.2. The molecule has 0 aliphatic heterocycles. The maximum atomic E-state index is 12.5. The number of rotatable bonds is 57. The van der Waals surface area contributed by atoms with Gasteiger partial charge < -0.3 is 20.3 Å². The first-order valence-corrected chi connectivity index (χ1v) is 30.5. The molecule has 1 amide bonds. The summed E-state index contributed by atoms with van der Waals surface area (Å²) >= 11 is 0.